The molecule has 0 N–H and O–H groups in total. The number of nitrogens with zero attached hydrogens (tertiary/aromatic N) is 3. The van der Waals surface area contributed by atoms with Gasteiger partial charge in [0.15, 0.2) is 11.7 Å². The normalized spacial score (nSPS) is 25.2. The minimum atomic E-state index is -0.293. The number of morpholine rings is 1. The highest BCUT2D eigenvalue weighted by Crippen LogP contribution is 2.31. The predicted octanol–water partition coefficient (Wildman–Crippen LogP) is 2.69. The van der Waals surface area contributed by atoms with Gasteiger partial charge < -0.3 is 19.3 Å². The van der Waals surface area contributed by atoms with Crippen molar-refractivity contribution in [3.05, 3.63) is 24.3 Å². The molecule has 3 heterocycles. The smallest absolute Gasteiger partial charge is 0.311 e. The number of fused-ring (bicyclic) bond motifs is 1. The van der Waals surface area contributed by atoms with Crippen LogP contribution in [0.3, 0.4) is 0 Å². The molecule has 0 saturated carbocycles. The Morgan fingerprint density at radius 2 is 1.97 bits per heavy atom. The van der Waals surface area contributed by atoms with E-state index in [1.54, 1.807) is 16.2 Å². The largest absolute Gasteiger partial charge is 0.455 e. The van der Waals surface area contributed by atoms with Crippen molar-refractivity contribution in [1.29, 1.82) is 0 Å². The number of amides is 1. The fourth-order valence-corrected chi connectivity index (χ4v) is 5.06. The molecule has 8 heteroatoms. The third-order valence-electron chi connectivity index (χ3n) is 5.42. The van der Waals surface area contributed by atoms with Gasteiger partial charge in [-0.2, -0.15) is 0 Å². The maximum atomic E-state index is 12.6. The van der Waals surface area contributed by atoms with Crippen LogP contribution in [0.1, 0.15) is 26.7 Å². The van der Waals surface area contributed by atoms with Gasteiger partial charge in [0.25, 0.3) is 5.91 Å². The zero-order valence-electron chi connectivity index (χ0n) is 16.9. The molecule has 1 aromatic carbocycles. The first-order chi connectivity index (χ1) is 14.0. The molecule has 156 valence electrons. The van der Waals surface area contributed by atoms with Gasteiger partial charge in [-0.25, -0.2) is 4.98 Å². The molecule has 2 fully saturated rings. The fraction of sp³-hybridized carbons (Fsp3) is 0.571. The summed E-state index contributed by atoms with van der Waals surface area (Å²) in [6.45, 7) is 6.23. The number of para-hydroxylation sites is 1. The SMILES string of the molecule is C[C@@H]1CN(C(=O)COC(=O)[C@@H]2CCCN(c3nc4ccccc4s3)C2)C[C@H](C)O1. The number of rotatable bonds is 4. The molecule has 2 aromatic rings. The molecular weight excluding hydrogens is 390 g/mol. The van der Waals surface area contributed by atoms with Crippen LogP contribution in [0, 0.1) is 5.92 Å². The number of thiazole rings is 1. The molecule has 7 nitrogen and oxygen atoms in total. The zero-order valence-corrected chi connectivity index (χ0v) is 17.7. The first kappa shape index (κ1) is 20.1. The van der Waals surface area contributed by atoms with Gasteiger partial charge in [0.1, 0.15) is 0 Å². The van der Waals surface area contributed by atoms with E-state index in [1.807, 2.05) is 32.0 Å². The second-order valence-corrected chi connectivity index (χ2v) is 8.92. The Morgan fingerprint density at radius 3 is 2.72 bits per heavy atom. The van der Waals surface area contributed by atoms with Crippen molar-refractivity contribution in [2.75, 3.05) is 37.7 Å². The molecule has 3 atom stereocenters. The van der Waals surface area contributed by atoms with E-state index in [-0.39, 0.29) is 36.6 Å². The van der Waals surface area contributed by atoms with Crippen LogP contribution in [0.5, 0.6) is 0 Å². The number of ether oxygens (including phenoxy) is 2. The van der Waals surface area contributed by atoms with E-state index < -0.39 is 0 Å². The Balaban J connectivity index is 1.32. The second kappa shape index (κ2) is 8.67. The number of hydrogen-bond donors (Lipinski definition) is 0. The van der Waals surface area contributed by atoms with Crippen LogP contribution in [0.15, 0.2) is 24.3 Å². The van der Waals surface area contributed by atoms with E-state index in [0.29, 0.717) is 19.6 Å². The number of esters is 1. The van der Waals surface area contributed by atoms with Crippen LogP contribution in [0.2, 0.25) is 0 Å². The summed E-state index contributed by atoms with van der Waals surface area (Å²) in [6, 6.07) is 8.05. The molecule has 0 radical (unpaired) electrons. The van der Waals surface area contributed by atoms with E-state index in [2.05, 4.69) is 11.0 Å². The van der Waals surface area contributed by atoms with Gasteiger partial charge in [-0.3, -0.25) is 9.59 Å². The van der Waals surface area contributed by atoms with E-state index in [9.17, 15) is 9.59 Å². The Labute approximate surface area is 174 Å². The summed E-state index contributed by atoms with van der Waals surface area (Å²) in [5.41, 5.74) is 0.983. The fourth-order valence-electron chi connectivity index (χ4n) is 4.06. The van der Waals surface area contributed by atoms with Crippen molar-refractivity contribution in [2.24, 2.45) is 5.92 Å². The standard InChI is InChI=1S/C21H27N3O4S/c1-14-10-24(11-15(2)28-14)19(25)13-27-20(26)16-6-5-9-23(12-16)21-22-17-7-3-4-8-18(17)29-21/h3-4,7-8,14-16H,5-6,9-13H2,1-2H3/t14-,15+,16-/m1/s1. The van der Waals surface area contributed by atoms with Crippen molar-refractivity contribution in [3.63, 3.8) is 0 Å². The molecule has 0 bridgehead atoms. The Kier molecular flexibility index (Phi) is 6.01. The lowest BCUT2D eigenvalue weighted by Gasteiger charge is -2.35. The summed E-state index contributed by atoms with van der Waals surface area (Å²) in [4.78, 5) is 33.6. The monoisotopic (exact) mass is 417 g/mol. The zero-order chi connectivity index (χ0) is 20.4. The molecule has 0 spiro atoms. The van der Waals surface area contributed by atoms with Gasteiger partial charge in [0, 0.05) is 26.2 Å². The van der Waals surface area contributed by atoms with Crippen LogP contribution in [0.25, 0.3) is 10.2 Å². The van der Waals surface area contributed by atoms with Crippen LogP contribution in [-0.2, 0) is 19.1 Å². The third-order valence-corrected chi connectivity index (χ3v) is 6.52. The third kappa shape index (κ3) is 4.70. The van der Waals surface area contributed by atoms with Gasteiger partial charge in [-0.05, 0) is 38.8 Å². The molecule has 1 amide bonds. The summed E-state index contributed by atoms with van der Waals surface area (Å²) in [5.74, 6) is -0.677. The molecule has 1 aromatic heterocycles. The minimum Gasteiger partial charge on any atom is -0.455 e. The predicted molar refractivity (Wildman–Crippen MR) is 112 cm³/mol. The number of piperidine rings is 1. The van der Waals surface area contributed by atoms with E-state index in [1.165, 1.54) is 0 Å². The maximum absolute atomic E-state index is 12.6. The molecule has 29 heavy (non-hydrogen) atoms. The number of benzene rings is 1. The van der Waals surface area contributed by atoms with Crippen molar-refractivity contribution >= 4 is 38.6 Å². The summed E-state index contributed by atoms with van der Waals surface area (Å²) in [7, 11) is 0. The molecule has 2 saturated heterocycles. The molecule has 2 aliphatic rings. The summed E-state index contributed by atoms with van der Waals surface area (Å²) in [6.07, 6.45) is 1.68. The quantitative estimate of drug-likeness (QED) is 0.713. The van der Waals surface area contributed by atoms with Gasteiger partial charge in [0.05, 0.1) is 28.3 Å². The Bertz CT molecular complexity index is 843. The maximum Gasteiger partial charge on any atom is 0.311 e. The van der Waals surface area contributed by atoms with Gasteiger partial charge >= 0.3 is 5.97 Å². The van der Waals surface area contributed by atoms with Crippen LogP contribution in [-0.4, -0.2) is 66.8 Å². The highest BCUT2D eigenvalue weighted by molar-refractivity contribution is 7.22. The lowest BCUT2D eigenvalue weighted by Crippen LogP contribution is -2.49. The average Bonchev–Trinajstić information content (AvgIpc) is 3.15. The highest BCUT2D eigenvalue weighted by Gasteiger charge is 2.30. The molecule has 0 unspecified atom stereocenters. The average molecular weight is 418 g/mol. The van der Waals surface area contributed by atoms with Gasteiger partial charge in [-0.15, -0.1) is 0 Å². The number of carbonyl (C=O) groups excluding carboxylic acids is 2. The molecular formula is C21H27N3O4S. The lowest BCUT2D eigenvalue weighted by molar-refractivity contribution is -0.159. The van der Waals surface area contributed by atoms with Gasteiger partial charge in [-0.1, -0.05) is 23.5 Å². The van der Waals surface area contributed by atoms with Gasteiger partial charge in [0.2, 0.25) is 0 Å². The van der Waals surface area contributed by atoms with Crippen LogP contribution in [0.4, 0.5) is 5.13 Å². The molecule has 2 aliphatic heterocycles. The second-order valence-electron chi connectivity index (χ2n) is 7.91. The number of hydrogen-bond acceptors (Lipinski definition) is 7. The topological polar surface area (TPSA) is 72.0 Å². The van der Waals surface area contributed by atoms with Crippen molar-refractivity contribution in [2.45, 2.75) is 38.9 Å². The number of aromatic nitrogens is 1. The van der Waals surface area contributed by atoms with Crippen molar-refractivity contribution in [1.82, 2.24) is 9.88 Å². The van der Waals surface area contributed by atoms with Crippen LogP contribution >= 0.6 is 11.3 Å². The van der Waals surface area contributed by atoms with E-state index in [0.717, 1.165) is 34.7 Å². The highest BCUT2D eigenvalue weighted by atomic mass is 32.1. The number of anilines is 1. The first-order valence-corrected chi connectivity index (χ1v) is 11.0. The van der Waals surface area contributed by atoms with Crippen molar-refractivity contribution < 1.29 is 19.1 Å². The Morgan fingerprint density at radius 1 is 1.21 bits per heavy atom. The summed E-state index contributed by atoms with van der Waals surface area (Å²) < 4.78 is 12.2. The van der Waals surface area contributed by atoms with Crippen LogP contribution < -0.4 is 4.90 Å². The number of carbonyl (C=O) groups is 2. The molecule has 0 aliphatic carbocycles. The summed E-state index contributed by atoms with van der Waals surface area (Å²) >= 11 is 1.65. The minimum absolute atomic E-state index is 0.000821. The van der Waals surface area contributed by atoms with Crippen molar-refractivity contribution in [3.8, 4) is 0 Å². The first-order valence-electron chi connectivity index (χ1n) is 10.2. The Hall–Kier alpha value is -2.19. The molecule has 4 rings (SSSR count). The van der Waals surface area contributed by atoms with E-state index >= 15 is 0 Å². The lowest BCUT2D eigenvalue weighted by atomic mass is 9.99. The summed E-state index contributed by atoms with van der Waals surface area (Å²) in [5, 5.41) is 0.941. The van der Waals surface area contributed by atoms with E-state index in [4.69, 9.17) is 14.5 Å².